The highest BCUT2D eigenvalue weighted by Crippen LogP contribution is 2.48. The van der Waals surface area contributed by atoms with Gasteiger partial charge in [0.1, 0.15) is 0 Å². The Labute approximate surface area is 120 Å². The van der Waals surface area contributed by atoms with E-state index in [0.29, 0.717) is 18.4 Å². The van der Waals surface area contributed by atoms with E-state index in [-0.39, 0.29) is 23.8 Å². The van der Waals surface area contributed by atoms with Crippen LogP contribution < -0.4 is 5.73 Å². The first-order valence-electron chi connectivity index (χ1n) is 7.87. The molecule has 4 heteroatoms. The average molecular weight is 276 g/mol. The number of allylic oxidation sites excluding steroid dienone is 1. The van der Waals surface area contributed by atoms with Crippen LogP contribution >= 0.6 is 0 Å². The van der Waals surface area contributed by atoms with Crippen LogP contribution in [-0.2, 0) is 9.59 Å². The lowest BCUT2D eigenvalue weighted by molar-refractivity contribution is -0.133. The van der Waals surface area contributed by atoms with Gasteiger partial charge in [-0.15, -0.1) is 0 Å². The summed E-state index contributed by atoms with van der Waals surface area (Å²) in [4.78, 5) is 25.8. The Bertz CT molecular complexity index is 435. The lowest BCUT2D eigenvalue weighted by Gasteiger charge is -2.36. The molecule has 0 aromatic heterocycles. The van der Waals surface area contributed by atoms with Crippen molar-refractivity contribution in [1.29, 1.82) is 0 Å². The molecule has 0 spiro atoms. The van der Waals surface area contributed by atoms with E-state index in [1.807, 2.05) is 11.0 Å². The Kier molecular flexibility index (Phi) is 3.57. The maximum absolute atomic E-state index is 12.5. The Morgan fingerprint density at radius 3 is 2.05 bits per heavy atom. The number of amides is 2. The third kappa shape index (κ3) is 2.89. The number of hydrogen-bond acceptors (Lipinski definition) is 2. The average Bonchev–Trinajstić information content (AvgIpc) is 3.28. The number of carbonyl (C=O) groups is 2. The van der Waals surface area contributed by atoms with Gasteiger partial charge < -0.3 is 10.6 Å². The maximum atomic E-state index is 12.5. The fourth-order valence-electron chi connectivity index (χ4n) is 3.27. The first kappa shape index (κ1) is 13.7. The van der Waals surface area contributed by atoms with Gasteiger partial charge in [0, 0.05) is 18.7 Å². The predicted molar refractivity (Wildman–Crippen MR) is 76.6 cm³/mol. The zero-order chi connectivity index (χ0) is 14.3. The van der Waals surface area contributed by atoms with Gasteiger partial charge in [-0.05, 0) is 57.3 Å². The molecule has 0 aromatic rings. The molecule has 0 aromatic carbocycles. The molecule has 4 nitrogen and oxygen atoms in total. The van der Waals surface area contributed by atoms with Crippen molar-refractivity contribution in [3.63, 3.8) is 0 Å². The Balaban J connectivity index is 1.71. The number of piperidine rings is 1. The van der Waals surface area contributed by atoms with Crippen LogP contribution in [0.4, 0.5) is 0 Å². The molecule has 2 aliphatic carbocycles. The molecule has 2 N–H and O–H groups in total. The van der Waals surface area contributed by atoms with Crippen LogP contribution in [0.1, 0.15) is 45.4 Å². The van der Waals surface area contributed by atoms with Gasteiger partial charge in [0.25, 0.3) is 0 Å². The largest absolute Gasteiger partial charge is 0.369 e. The highest BCUT2D eigenvalue weighted by molar-refractivity contribution is 5.89. The summed E-state index contributed by atoms with van der Waals surface area (Å²) in [7, 11) is 0. The predicted octanol–water partition coefficient (Wildman–Crippen LogP) is 1.85. The Morgan fingerprint density at radius 1 is 1.00 bits per heavy atom. The van der Waals surface area contributed by atoms with Gasteiger partial charge >= 0.3 is 0 Å². The van der Waals surface area contributed by atoms with E-state index < -0.39 is 0 Å². The smallest absolute Gasteiger partial charge is 0.246 e. The minimum atomic E-state index is -0.275. The zero-order valence-electron chi connectivity index (χ0n) is 12.2. The quantitative estimate of drug-likeness (QED) is 0.796. The van der Waals surface area contributed by atoms with E-state index in [9.17, 15) is 9.59 Å². The zero-order valence-corrected chi connectivity index (χ0v) is 12.2. The van der Waals surface area contributed by atoms with Crippen molar-refractivity contribution in [2.45, 2.75) is 51.5 Å². The number of carbonyl (C=O) groups excluding carboxylic acids is 2. The third-order valence-corrected chi connectivity index (χ3v) is 4.96. The summed E-state index contributed by atoms with van der Waals surface area (Å²) >= 11 is 0. The van der Waals surface area contributed by atoms with Crippen molar-refractivity contribution in [1.82, 2.24) is 4.90 Å². The van der Waals surface area contributed by atoms with E-state index in [1.165, 1.54) is 31.3 Å². The molecule has 0 radical (unpaired) electrons. The number of hydrogen-bond donors (Lipinski definition) is 1. The van der Waals surface area contributed by atoms with Gasteiger partial charge in [-0.2, -0.15) is 0 Å². The van der Waals surface area contributed by atoms with Crippen molar-refractivity contribution in [3.8, 4) is 0 Å². The summed E-state index contributed by atoms with van der Waals surface area (Å²) in [6.07, 6.45) is 8.54. The minimum absolute atomic E-state index is 0.0947. The maximum Gasteiger partial charge on any atom is 0.246 e. The lowest BCUT2D eigenvalue weighted by atomic mass is 9.92. The topological polar surface area (TPSA) is 63.4 Å². The van der Waals surface area contributed by atoms with Gasteiger partial charge in [0.15, 0.2) is 0 Å². The molecule has 1 saturated heterocycles. The monoisotopic (exact) mass is 276 g/mol. The highest BCUT2D eigenvalue weighted by atomic mass is 16.2. The Hall–Kier alpha value is -1.32. The van der Waals surface area contributed by atoms with Crippen LogP contribution in [0.3, 0.4) is 0 Å². The van der Waals surface area contributed by atoms with Gasteiger partial charge in [-0.3, -0.25) is 9.59 Å². The van der Waals surface area contributed by atoms with Crippen LogP contribution in [0.15, 0.2) is 11.6 Å². The second kappa shape index (κ2) is 5.23. The molecule has 0 bridgehead atoms. The van der Waals surface area contributed by atoms with Gasteiger partial charge in [0.05, 0.1) is 5.92 Å². The summed E-state index contributed by atoms with van der Waals surface area (Å²) < 4.78 is 0. The summed E-state index contributed by atoms with van der Waals surface area (Å²) in [5, 5.41) is 0. The summed E-state index contributed by atoms with van der Waals surface area (Å²) in [6, 6.07) is 0.217. The molecule has 2 amide bonds. The normalized spacial score (nSPS) is 29.9. The minimum Gasteiger partial charge on any atom is -0.369 e. The first-order valence-corrected chi connectivity index (χ1v) is 7.87. The lowest BCUT2D eigenvalue weighted by Crippen LogP contribution is -2.48. The number of likely N-dealkylation sites (tertiary alicyclic amines) is 1. The summed E-state index contributed by atoms with van der Waals surface area (Å²) in [6.45, 7) is 2.56. The number of nitrogens with two attached hydrogens (primary N) is 1. The molecular formula is C16H24N2O2. The van der Waals surface area contributed by atoms with Crippen LogP contribution in [0.25, 0.3) is 0 Å². The number of rotatable bonds is 4. The molecule has 1 aliphatic heterocycles. The molecule has 20 heavy (non-hydrogen) atoms. The SMILES string of the molecule is C[C@@H]1CC[C@H](C(N)=O)CN1C(=O)C=C(C1CC1)C1CC1. The number of primary amides is 1. The van der Waals surface area contributed by atoms with Gasteiger partial charge in [-0.25, -0.2) is 0 Å². The van der Waals surface area contributed by atoms with Crippen molar-refractivity contribution in [2.75, 3.05) is 6.54 Å². The van der Waals surface area contributed by atoms with Gasteiger partial charge in [0.2, 0.25) is 11.8 Å². The van der Waals surface area contributed by atoms with Crippen molar-refractivity contribution < 1.29 is 9.59 Å². The second-order valence-electron chi connectivity index (χ2n) is 6.71. The van der Waals surface area contributed by atoms with Crippen LogP contribution in [-0.4, -0.2) is 29.3 Å². The standard InChI is InChI=1S/C16H24N2O2/c1-10-2-3-13(16(17)20)9-18(10)15(19)8-14(11-4-5-11)12-6-7-12/h8,10-13H,2-7,9H2,1H3,(H2,17,20)/t10-,13+/m1/s1. The molecule has 110 valence electrons. The molecule has 3 aliphatic rings. The van der Waals surface area contributed by atoms with Crippen LogP contribution in [0.5, 0.6) is 0 Å². The highest BCUT2D eigenvalue weighted by Gasteiger charge is 2.38. The van der Waals surface area contributed by atoms with Crippen LogP contribution in [0.2, 0.25) is 0 Å². The summed E-state index contributed by atoms with van der Waals surface area (Å²) in [5.74, 6) is 0.978. The van der Waals surface area contributed by atoms with Crippen molar-refractivity contribution in [2.24, 2.45) is 23.5 Å². The number of nitrogens with zero attached hydrogens (tertiary/aromatic N) is 1. The Morgan fingerprint density at radius 2 is 1.55 bits per heavy atom. The molecule has 0 unspecified atom stereocenters. The molecule has 1 heterocycles. The second-order valence-corrected chi connectivity index (χ2v) is 6.71. The first-order chi connectivity index (χ1) is 9.56. The molecule has 2 atom stereocenters. The van der Waals surface area contributed by atoms with E-state index in [4.69, 9.17) is 5.73 Å². The van der Waals surface area contributed by atoms with E-state index in [1.54, 1.807) is 0 Å². The van der Waals surface area contributed by atoms with Crippen molar-refractivity contribution in [3.05, 3.63) is 11.6 Å². The molecule has 3 rings (SSSR count). The van der Waals surface area contributed by atoms with Gasteiger partial charge in [-0.1, -0.05) is 5.57 Å². The van der Waals surface area contributed by atoms with E-state index >= 15 is 0 Å². The molecule has 3 fully saturated rings. The summed E-state index contributed by atoms with van der Waals surface area (Å²) in [5.41, 5.74) is 6.78. The van der Waals surface area contributed by atoms with Crippen molar-refractivity contribution >= 4 is 11.8 Å². The molecular weight excluding hydrogens is 252 g/mol. The fourth-order valence-corrected chi connectivity index (χ4v) is 3.27. The van der Waals surface area contributed by atoms with E-state index in [0.717, 1.165) is 12.8 Å². The third-order valence-electron chi connectivity index (χ3n) is 4.96. The van der Waals surface area contributed by atoms with E-state index in [2.05, 4.69) is 6.92 Å². The molecule has 2 saturated carbocycles. The van der Waals surface area contributed by atoms with Crippen LogP contribution in [0, 0.1) is 17.8 Å². The fraction of sp³-hybridized carbons (Fsp3) is 0.750.